The number of anilines is 1. The first kappa shape index (κ1) is 14.5. The first-order valence-corrected chi connectivity index (χ1v) is 7.85. The molecule has 2 rings (SSSR count). The molecule has 0 saturated heterocycles. The van der Waals surface area contributed by atoms with E-state index in [0.717, 1.165) is 8.79 Å². The third kappa shape index (κ3) is 2.84. The van der Waals surface area contributed by atoms with Crippen LogP contribution in [0.4, 0.5) is 5.82 Å². The molecule has 0 spiro atoms. The van der Waals surface area contributed by atoms with Gasteiger partial charge in [0.2, 0.25) is 0 Å². The summed E-state index contributed by atoms with van der Waals surface area (Å²) in [4.78, 5) is 4.44. The molecule has 0 fully saturated rings. The van der Waals surface area contributed by atoms with Crippen LogP contribution in [0.2, 0.25) is 0 Å². The Balaban J connectivity index is 2.60. The molecule has 1 heterocycles. The summed E-state index contributed by atoms with van der Waals surface area (Å²) in [7, 11) is 0. The zero-order valence-electron chi connectivity index (χ0n) is 12.0. The third-order valence-electron chi connectivity index (χ3n) is 3.22. The smallest absolute Gasteiger partial charge is 0.149 e. The van der Waals surface area contributed by atoms with Gasteiger partial charge in [-0.05, 0) is 51.9 Å². The van der Waals surface area contributed by atoms with Crippen molar-refractivity contribution in [3.63, 3.8) is 0 Å². The fourth-order valence-corrected chi connectivity index (χ4v) is 3.59. The summed E-state index contributed by atoms with van der Waals surface area (Å²) in [6, 6.07) is 4.52. The predicted octanol–water partition coefficient (Wildman–Crippen LogP) is 5.07. The van der Waals surface area contributed by atoms with E-state index in [1.807, 2.05) is 0 Å². The fourth-order valence-electron chi connectivity index (χ4n) is 2.15. The van der Waals surface area contributed by atoms with Crippen LogP contribution in [0.15, 0.2) is 15.9 Å². The first-order chi connectivity index (χ1) is 8.70. The Hall–Kier alpha value is -0.870. The Labute approximate surface area is 127 Å². The van der Waals surface area contributed by atoms with Gasteiger partial charge in [0.1, 0.15) is 14.6 Å². The van der Waals surface area contributed by atoms with Crippen molar-refractivity contribution in [3.8, 4) is 10.6 Å². The highest BCUT2D eigenvalue weighted by Gasteiger charge is 2.18. The van der Waals surface area contributed by atoms with E-state index in [9.17, 15) is 0 Å². The SMILES string of the molecule is Cc1cc(C(C)(C)C)cc(C)c1-c1nc(N)c(Br)s1. The number of thiazole rings is 1. The van der Waals surface area contributed by atoms with E-state index < -0.39 is 0 Å². The number of nitrogens with two attached hydrogens (primary N) is 1. The molecular formula is C15H19BrN2S. The Kier molecular flexibility index (Phi) is 3.76. The first-order valence-electron chi connectivity index (χ1n) is 6.24. The van der Waals surface area contributed by atoms with Crippen molar-refractivity contribution >= 4 is 33.1 Å². The van der Waals surface area contributed by atoms with Crippen LogP contribution in [-0.2, 0) is 5.41 Å². The Morgan fingerprint density at radius 1 is 1.16 bits per heavy atom. The molecule has 0 saturated carbocycles. The van der Waals surface area contributed by atoms with Gasteiger partial charge in [-0.1, -0.05) is 32.9 Å². The summed E-state index contributed by atoms with van der Waals surface area (Å²) in [5.41, 5.74) is 11.1. The summed E-state index contributed by atoms with van der Waals surface area (Å²) in [6.07, 6.45) is 0. The maximum Gasteiger partial charge on any atom is 0.149 e. The highest BCUT2D eigenvalue weighted by atomic mass is 79.9. The lowest BCUT2D eigenvalue weighted by atomic mass is 9.84. The third-order valence-corrected chi connectivity index (χ3v) is 4.99. The summed E-state index contributed by atoms with van der Waals surface area (Å²) in [5.74, 6) is 0.568. The molecule has 0 atom stereocenters. The molecule has 2 aromatic rings. The van der Waals surface area contributed by atoms with Gasteiger partial charge in [0, 0.05) is 5.56 Å². The van der Waals surface area contributed by atoms with Crippen molar-refractivity contribution in [3.05, 3.63) is 32.6 Å². The molecule has 4 heteroatoms. The van der Waals surface area contributed by atoms with Crippen LogP contribution in [0.25, 0.3) is 10.6 Å². The van der Waals surface area contributed by atoms with E-state index in [-0.39, 0.29) is 5.41 Å². The zero-order chi connectivity index (χ0) is 14.4. The molecule has 0 amide bonds. The standard InChI is InChI=1S/C15H19BrN2S/c1-8-6-10(15(3,4)5)7-9(2)11(8)14-18-13(17)12(16)19-14/h6-7H,17H2,1-5H3. The molecule has 102 valence electrons. The van der Waals surface area contributed by atoms with E-state index >= 15 is 0 Å². The summed E-state index contributed by atoms with van der Waals surface area (Å²) >= 11 is 5.03. The number of benzene rings is 1. The second kappa shape index (κ2) is 4.91. The van der Waals surface area contributed by atoms with Crippen LogP contribution in [0.3, 0.4) is 0 Å². The van der Waals surface area contributed by atoms with Gasteiger partial charge >= 0.3 is 0 Å². The van der Waals surface area contributed by atoms with Gasteiger partial charge in [-0.15, -0.1) is 11.3 Å². The van der Waals surface area contributed by atoms with Crippen LogP contribution in [0.5, 0.6) is 0 Å². The molecule has 0 radical (unpaired) electrons. The van der Waals surface area contributed by atoms with Crippen molar-refractivity contribution in [1.29, 1.82) is 0 Å². The number of aromatic nitrogens is 1. The number of halogens is 1. The number of nitrogen functional groups attached to an aromatic ring is 1. The van der Waals surface area contributed by atoms with Crippen LogP contribution in [-0.4, -0.2) is 4.98 Å². The van der Waals surface area contributed by atoms with Crippen molar-refractivity contribution < 1.29 is 0 Å². The van der Waals surface area contributed by atoms with Gasteiger partial charge in [-0.25, -0.2) is 4.98 Å². The minimum absolute atomic E-state index is 0.163. The molecule has 0 unspecified atom stereocenters. The van der Waals surface area contributed by atoms with Gasteiger partial charge in [0.05, 0.1) is 0 Å². The quantitative estimate of drug-likeness (QED) is 0.788. The van der Waals surface area contributed by atoms with Gasteiger partial charge < -0.3 is 5.73 Å². The van der Waals surface area contributed by atoms with Crippen molar-refractivity contribution in [2.45, 2.75) is 40.0 Å². The molecule has 1 aromatic heterocycles. The number of nitrogens with zero attached hydrogens (tertiary/aromatic N) is 1. The maximum absolute atomic E-state index is 5.83. The molecule has 0 bridgehead atoms. The van der Waals surface area contributed by atoms with Crippen LogP contribution >= 0.6 is 27.3 Å². The van der Waals surface area contributed by atoms with Gasteiger partial charge in [0.15, 0.2) is 0 Å². The largest absolute Gasteiger partial charge is 0.382 e. The molecule has 1 aromatic carbocycles. The van der Waals surface area contributed by atoms with Crippen molar-refractivity contribution in [1.82, 2.24) is 4.98 Å². The minimum atomic E-state index is 0.163. The lowest BCUT2D eigenvalue weighted by molar-refractivity contribution is 0.589. The average Bonchev–Trinajstić information content (AvgIpc) is 2.56. The molecule has 0 aliphatic carbocycles. The van der Waals surface area contributed by atoms with Crippen molar-refractivity contribution in [2.24, 2.45) is 0 Å². The Morgan fingerprint density at radius 3 is 2.05 bits per heavy atom. The maximum atomic E-state index is 5.83. The molecular weight excluding hydrogens is 320 g/mol. The van der Waals surface area contributed by atoms with E-state index in [2.05, 4.69) is 67.7 Å². The van der Waals surface area contributed by atoms with E-state index in [1.54, 1.807) is 11.3 Å². The lowest BCUT2D eigenvalue weighted by Gasteiger charge is -2.21. The number of rotatable bonds is 1. The molecule has 19 heavy (non-hydrogen) atoms. The average molecular weight is 339 g/mol. The second-order valence-corrected chi connectivity index (χ2v) is 8.23. The summed E-state index contributed by atoms with van der Waals surface area (Å²) in [6.45, 7) is 11.0. The fraction of sp³-hybridized carbons (Fsp3) is 0.400. The van der Waals surface area contributed by atoms with Crippen molar-refractivity contribution in [2.75, 3.05) is 5.73 Å². The Morgan fingerprint density at radius 2 is 1.68 bits per heavy atom. The van der Waals surface area contributed by atoms with Gasteiger partial charge in [0.25, 0.3) is 0 Å². The monoisotopic (exact) mass is 338 g/mol. The topological polar surface area (TPSA) is 38.9 Å². The van der Waals surface area contributed by atoms with E-state index in [0.29, 0.717) is 5.82 Å². The van der Waals surface area contributed by atoms with E-state index in [1.165, 1.54) is 22.3 Å². The molecule has 0 aliphatic rings. The summed E-state index contributed by atoms with van der Waals surface area (Å²) < 4.78 is 0.904. The van der Waals surface area contributed by atoms with E-state index in [4.69, 9.17) is 5.73 Å². The van der Waals surface area contributed by atoms with Crippen LogP contribution in [0, 0.1) is 13.8 Å². The Bertz CT molecular complexity index is 581. The normalized spacial score (nSPS) is 11.9. The second-order valence-electron chi connectivity index (χ2n) is 5.91. The minimum Gasteiger partial charge on any atom is -0.382 e. The predicted molar refractivity (Wildman–Crippen MR) is 87.8 cm³/mol. The van der Waals surface area contributed by atoms with Gasteiger partial charge in [-0.2, -0.15) is 0 Å². The summed E-state index contributed by atoms with van der Waals surface area (Å²) in [5, 5.41) is 0.986. The lowest BCUT2D eigenvalue weighted by Crippen LogP contribution is -2.12. The molecule has 0 aliphatic heterocycles. The molecule has 2 nitrogen and oxygen atoms in total. The van der Waals surface area contributed by atoms with Crippen LogP contribution in [0.1, 0.15) is 37.5 Å². The van der Waals surface area contributed by atoms with Crippen LogP contribution < -0.4 is 5.73 Å². The number of aryl methyl sites for hydroxylation is 2. The highest BCUT2D eigenvalue weighted by Crippen LogP contribution is 2.38. The highest BCUT2D eigenvalue weighted by molar-refractivity contribution is 9.11. The number of hydrogen-bond donors (Lipinski definition) is 1. The zero-order valence-corrected chi connectivity index (χ0v) is 14.4. The van der Waals surface area contributed by atoms with Gasteiger partial charge in [-0.3, -0.25) is 0 Å². The number of hydrogen-bond acceptors (Lipinski definition) is 3. The molecule has 2 N–H and O–H groups in total.